The number of hydrogen-bond acceptors (Lipinski definition) is 5. The molecule has 0 spiro atoms. The van der Waals surface area contributed by atoms with Crippen molar-refractivity contribution in [3.05, 3.63) is 54.1 Å². The van der Waals surface area contributed by atoms with E-state index in [2.05, 4.69) is 15.4 Å². The maximum absolute atomic E-state index is 12.5. The zero-order valence-corrected chi connectivity index (χ0v) is 19.0. The van der Waals surface area contributed by atoms with E-state index in [1.54, 1.807) is 31.2 Å². The Kier molecular flexibility index (Phi) is 8.58. The van der Waals surface area contributed by atoms with Crippen molar-refractivity contribution >= 4 is 33.4 Å². The third-order valence-electron chi connectivity index (χ3n) is 4.31. The van der Waals surface area contributed by atoms with Crippen LogP contribution in [0.5, 0.6) is 0 Å². The first-order valence-electron chi connectivity index (χ1n) is 10.1. The van der Waals surface area contributed by atoms with E-state index in [1.165, 1.54) is 24.3 Å². The van der Waals surface area contributed by atoms with Crippen molar-refractivity contribution in [3.63, 3.8) is 0 Å². The van der Waals surface area contributed by atoms with E-state index in [9.17, 15) is 18.0 Å². The highest BCUT2D eigenvalue weighted by molar-refractivity contribution is 7.89. The minimum atomic E-state index is -3.63. The van der Waals surface area contributed by atoms with Crippen molar-refractivity contribution in [2.45, 2.75) is 45.1 Å². The molecule has 1 unspecified atom stereocenters. The van der Waals surface area contributed by atoms with Gasteiger partial charge in [-0.1, -0.05) is 26.8 Å². The highest BCUT2D eigenvalue weighted by Crippen LogP contribution is 2.18. The summed E-state index contributed by atoms with van der Waals surface area (Å²) in [5.41, 5.74) is 1.25. The molecule has 0 aliphatic carbocycles. The lowest BCUT2D eigenvalue weighted by molar-refractivity contribution is 0.102. The highest BCUT2D eigenvalue weighted by Gasteiger charge is 2.17. The number of carbonyl (C=O) groups excluding carboxylic acids is 2. The molecule has 0 fully saturated rings. The second-order valence-electron chi connectivity index (χ2n) is 7.61. The average Bonchev–Trinajstić information content (AvgIpc) is 2.72. The Hall–Kier alpha value is -2.91. The predicted octanol–water partition coefficient (Wildman–Crippen LogP) is 4.22. The zero-order valence-electron chi connectivity index (χ0n) is 18.1. The highest BCUT2D eigenvalue weighted by atomic mass is 32.2. The lowest BCUT2D eigenvalue weighted by atomic mass is 10.2. The summed E-state index contributed by atoms with van der Waals surface area (Å²) < 4.78 is 32.3. The molecule has 2 aromatic rings. The van der Waals surface area contributed by atoms with Crippen LogP contribution in [0.3, 0.4) is 0 Å². The topological polar surface area (TPSA) is 114 Å². The van der Waals surface area contributed by atoms with Crippen LogP contribution in [0.25, 0.3) is 0 Å². The number of anilines is 2. The van der Waals surface area contributed by atoms with Crippen LogP contribution in [-0.2, 0) is 14.8 Å². The molecule has 0 bridgehead atoms. The fourth-order valence-electron chi connectivity index (χ4n) is 2.48. The Morgan fingerprint density at radius 3 is 2.16 bits per heavy atom. The van der Waals surface area contributed by atoms with Crippen molar-refractivity contribution in [1.29, 1.82) is 0 Å². The summed E-state index contributed by atoms with van der Waals surface area (Å²) in [6.45, 7) is 7.86. The Bertz CT molecular complexity index is 1000. The zero-order chi connectivity index (χ0) is 23.0. The maximum atomic E-state index is 12.5. The Balaban J connectivity index is 2.03. The number of rotatable bonds is 9. The number of amides is 2. The van der Waals surface area contributed by atoms with Gasteiger partial charge in [-0.05, 0) is 61.7 Å². The molecule has 2 aromatic carbocycles. The van der Waals surface area contributed by atoms with Crippen LogP contribution < -0.4 is 15.4 Å². The first-order valence-corrected chi connectivity index (χ1v) is 11.6. The number of ether oxygens (including phenoxy) is 1. The van der Waals surface area contributed by atoms with Gasteiger partial charge in [0.15, 0.2) is 0 Å². The van der Waals surface area contributed by atoms with Crippen LogP contribution in [0, 0.1) is 5.92 Å². The maximum Gasteiger partial charge on any atom is 0.411 e. The van der Waals surface area contributed by atoms with Gasteiger partial charge in [-0.15, -0.1) is 0 Å². The number of hydrogen-bond donors (Lipinski definition) is 3. The monoisotopic (exact) mass is 447 g/mol. The Morgan fingerprint density at radius 2 is 1.58 bits per heavy atom. The number of benzene rings is 2. The molecule has 8 nitrogen and oxygen atoms in total. The van der Waals surface area contributed by atoms with E-state index in [1.807, 2.05) is 20.8 Å². The quantitative estimate of drug-likeness (QED) is 0.533. The minimum Gasteiger partial charge on any atom is -0.449 e. The molecule has 0 aliphatic heterocycles. The molecule has 0 heterocycles. The van der Waals surface area contributed by atoms with Crippen molar-refractivity contribution in [1.82, 2.24) is 4.72 Å². The molecule has 0 aromatic heterocycles. The van der Waals surface area contributed by atoms with E-state index in [0.29, 0.717) is 30.0 Å². The van der Waals surface area contributed by atoms with E-state index in [0.717, 1.165) is 0 Å². The molecule has 0 saturated carbocycles. The Labute approximate surface area is 183 Å². The molecule has 0 radical (unpaired) electrons. The van der Waals surface area contributed by atoms with Crippen LogP contribution in [-0.4, -0.2) is 33.1 Å². The lowest BCUT2D eigenvalue weighted by Gasteiger charge is -2.12. The van der Waals surface area contributed by atoms with Crippen LogP contribution in [0.4, 0.5) is 16.2 Å². The van der Waals surface area contributed by atoms with E-state index in [4.69, 9.17) is 4.74 Å². The van der Waals surface area contributed by atoms with E-state index >= 15 is 0 Å². The van der Waals surface area contributed by atoms with Crippen molar-refractivity contribution in [2.24, 2.45) is 5.92 Å². The third-order valence-corrected chi connectivity index (χ3v) is 5.92. The molecule has 168 valence electrons. The first-order chi connectivity index (χ1) is 14.6. The Morgan fingerprint density at radius 1 is 0.968 bits per heavy atom. The van der Waals surface area contributed by atoms with Gasteiger partial charge in [-0.25, -0.2) is 17.9 Å². The largest absolute Gasteiger partial charge is 0.449 e. The smallest absolute Gasteiger partial charge is 0.411 e. The van der Waals surface area contributed by atoms with Crippen LogP contribution >= 0.6 is 0 Å². The SMILES string of the molecule is CCC(C)NS(=O)(=O)c1ccc(C(=O)Nc2cccc(NC(=O)OCC(C)C)c2)cc1. The summed E-state index contributed by atoms with van der Waals surface area (Å²) in [4.78, 5) is 24.4. The van der Waals surface area contributed by atoms with Crippen LogP contribution in [0.1, 0.15) is 44.5 Å². The van der Waals surface area contributed by atoms with Crippen LogP contribution in [0.15, 0.2) is 53.4 Å². The van der Waals surface area contributed by atoms with Gasteiger partial charge in [0.25, 0.3) is 5.91 Å². The van der Waals surface area contributed by atoms with Gasteiger partial charge in [0.05, 0.1) is 11.5 Å². The number of carbonyl (C=O) groups is 2. The fraction of sp³-hybridized carbons (Fsp3) is 0.364. The predicted molar refractivity (Wildman–Crippen MR) is 121 cm³/mol. The summed E-state index contributed by atoms with van der Waals surface area (Å²) in [5, 5.41) is 5.33. The first kappa shape index (κ1) is 24.4. The van der Waals surface area contributed by atoms with E-state index in [-0.39, 0.29) is 16.9 Å². The molecule has 3 N–H and O–H groups in total. The molecule has 1 atom stereocenters. The molecule has 9 heteroatoms. The lowest BCUT2D eigenvalue weighted by Crippen LogP contribution is -2.32. The second-order valence-corrected chi connectivity index (χ2v) is 9.32. The van der Waals surface area contributed by atoms with Gasteiger partial charge >= 0.3 is 6.09 Å². The molecule has 2 amide bonds. The molecular formula is C22H29N3O5S. The third kappa shape index (κ3) is 7.69. The van der Waals surface area contributed by atoms with Crippen molar-refractivity contribution in [3.8, 4) is 0 Å². The van der Waals surface area contributed by atoms with Gasteiger partial charge in [0.1, 0.15) is 0 Å². The van der Waals surface area contributed by atoms with Gasteiger partial charge in [0, 0.05) is 23.0 Å². The summed E-state index contributed by atoms with van der Waals surface area (Å²) >= 11 is 0. The summed E-state index contributed by atoms with van der Waals surface area (Å²) in [7, 11) is -3.63. The van der Waals surface area contributed by atoms with Gasteiger partial charge < -0.3 is 10.1 Å². The summed E-state index contributed by atoms with van der Waals surface area (Å²) in [6, 6.07) is 12.1. The van der Waals surface area contributed by atoms with Crippen molar-refractivity contribution < 1.29 is 22.7 Å². The van der Waals surface area contributed by atoms with Gasteiger partial charge in [-0.2, -0.15) is 0 Å². The average molecular weight is 448 g/mol. The molecular weight excluding hydrogens is 418 g/mol. The van der Waals surface area contributed by atoms with Gasteiger partial charge in [-0.3, -0.25) is 10.1 Å². The van der Waals surface area contributed by atoms with Crippen LogP contribution in [0.2, 0.25) is 0 Å². The molecule has 0 aliphatic rings. The fourth-order valence-corrected chi connectivity index (χ4v) is 3.80. The van der Waals surface area contributed by atoms with E-state index < -0.39 is 22.0 Å². The second kappa shape index (κ2) is 10.9. The standard InChI is InChI=1S/C22H29N3O5S/c1-5-16(4)25-31(28,29)20-11-9-17(10-12-20)21(26)23-18-7-6-8-19(13-18)24-22(27)30-14-15(2)3/h6-13,15-16,25H,5,14H2,1-4H3,(H,23,26)(H,24,27). The summed E-state index contributed by atoms with van der Waals surface area (Å²) in [5.74, 6) is -0.179. The number of nitrogens with one attached hydrogen (secondary N) is 3. The molecule has 31 heavy (non-hydrogen) atoms. The normalized spacial score (nSPS) is 12.3. The minimum absolute atomic E-state index is 0.0930. The molecule has 0 saturated heterocycles. The van der Waals surface area contributed by atoms with Crippen molar-refractivity contribution in [2.75, 3.05) is 17.2 Å². The summed E-state index contributed by atoms with van der Waals surface area (Å²) in [6.07, 6.45) is 0.100. The van der Waals surface area contributed by atoms with Gasteiger partial charge in [0.2, 0.25) is 10.0 Å². The number of sulfonamides is 1. The molecule has 2 rings (SSSR count).